The van der Waals surface area contributed by atoms with Crippen molar-refractivity contribution in [3.05, 3.63) is 47.4 Å². The van der Waals surface area contributed by atoms with Gasteiger partial charge in [0.25, 0.3) is 0 Å². The van der Waals surface area contributed by atoms with Crippen LogP contribution in [0.15, 0.2) is 30.3 Å². The van der Waals surface area contributed by atoms with Gasteiger partial charge in [-0.15, -0.1) is 13.2 Å². The van der Waals surface area contributed by atoms with Crippen molar-refractivity contribution in [2.45, 2.75) is 33.1 Å². The SMILES string of the molecule is CC(C)Cc1nc2c(c(-c3ccc(OC(F)(F)F)cc3)n1)CC=C2. The molecule has 0 unspecified atom stereocenters. The Morgan fingerprint density at radius 2 is 1.83 bits per heavy atom. The molecule has 0 amide bonds. The van der Waals surface area contributed by atoms with Crippen molar-refractivity contribution < 1.29 is 17.9 Å². The zero-order valence-electron chi connectivity index (χ0n) is 13.4. The summed E-state index contributed by atoms with van der Waals surface area (Å²) >= 11 is 0. The molecule has 3 rings (SSSR count). The number of benzene rings is 1. The van der Waals surface area contributed by atoms with Crippen LogP contribution in [0.2, 0.25) is 0 Å². The topological polar surface area (TPSA) is 35.0 Å². The lowest BCUT2D eigenvalue weighted by Crippen LogP contribution is -2.17. The Balaban J connectivity index is 1.95. The van der Waals surface area contributed by atoms with Crippen molar-refractivity contribution in [3.63, 3.8) is 0 Å². The zero-order chi connectivity index (χ0) is 17.3. The number of allylic oxidation sites excluding steroid dienone is 1. The van der Waals surface area contributed by atoms with Gasteiger partial charge in [0, 0.05) is 17.5 Å². The van der Waals surface area contributed by atoms with Gasteiger partial charge in [0.15, 0.2) is 0 Å². The molecule has 1 aliphatic carbocycles. The van der Waals surface area contributed by atoms with Crippen molar-refractivity contribution >= 4 is 6.08 Å². The van der Waals surface area contributed by atoms with Gasteiger partial charge in [-0.3, -0.25) is 0 Å². The summed E-state index contributed by atoms with van der Waals surface area (Å²) in [5.74, 6) is 0.933. The monoisotopic (exact) mass is 334 g/mol. The maximum atomic E-state index is 12.3. The molecule has 0 aliphatic heterocycles. The number of hydrogen-bond acceptors (Lipinski definition) is 3. The van der Waals surface area contributed by atoms with E-state index in [0.29, 0.717) is 5.92 Å². The zero-order valence-corrected chi connectivity index (χ0v) is 13.4. The maximum Gasteiger partial charge on any atom is 0.573 e. The van der Waals surface area contributed by atoms with Crippen molar-refractivity contribution in [2.75, 3.05) is 0 Å². The van der Waals surface area contributed by atoms with Gasteiger partial charge in [-0.2, -0.15) is 0 Å². The highest BCUT2D eigenvalue weighted by Gasteiger charge is 2.31. The van der Waals surface area contributed by atoms with E-state index in [1.54, 1.807) is 12.1 Å². The van der Waals surface area contributed by atoms with E-state index in [2.05, 4.69) is 28.6 Å². The summed E-state index contributed by atoms with van der Waals surface area (Å²) < 4.78 is 40.7. The lowest BCUT2D eigenvalue weighted by Gasteiger charge is -2.13. The highest BCUT2D eigenvalue weighted by atomic mass is 19.4. The third-order valence-electron chi connectivity index (χ3n) is 3.64. The normalized spacial score (nSPS) is 13.4. The molecule has 1 heterocycles. The van der Waals surface area contributed by atoms with Crippen molar-refractivity contribution in [1.29, 1.82) is 0 Å². The van der Waals surface area contributed by atoms with E-state index < -0.39 is 6.36 Å². The average Bonchev–Trinajstić information content (AvgIpc) is 2.93. The first-order valence-corrected chi connectivity index (χ1v) is 7.74. The van der Waals surface area contributed by atoms with Gasteiger partial charge in [-0.1, -0.05) is 19.9 Å². The van der Waals surface area contributed by atoms with Crippen LogP contribution in [0.3, 0.4) is 0 Å². The van der Waals surface area contributed by atoms with Gasteiger partial charge in [-0.25, -0.2) is 9.97 Å². The highest BCUT2D eigenvalue weighted by molar-refractivity contribution is 5.71. The van der Waals surface area contributed by atoms with E-state index in [-0.39, 0.29) is 5.75 Å². The predicted molar refractivity (Wildman–Crippen MR) is 85.4 cm³/mol. The number of rotatable bonds is 4. The molecule has 0 atom stereocenters. The van der Waals surface area contributed by atoms with Crippen LogP contribution in [0, 0.1) is 5.92 Å². The molecule has 0 saturated heterocycles. The van der Waals surface area contributed by atoms with E-state index in [0.717, 1.165) is 41.2 Å². The van der Waals surface area contributed by atoms with Gasteiger partial charge in [0.1, 0.15) is 11.6 Å². The fourth-order valence-corrected chi connectivity index (χ4v) is 2.69. The number of aromatic nitrogens is 2. The number of halogens is 3. The first kappa shape index (κ1) is 16.5. The molecule has 0 saturated carbocycles. The van der Waals surface area contributed by atoms with Crippen molar-refractivity contribution in [2.24, 2.45) is 5.92 Å². The highest BCUT2D eigenvalue weighted by Crippen LogP contribution is 2.31. The number of ether oxygens (including phenoxy) is 1. The van der Waals surface area contributed by atoms with Crippen molar-refractivity contribution in [1.82, 2.24) is 9.97 Å². The third kappa shape index (κ3) is 3.75. The summed E-state index contributed by atoms with van der Waals surface area (Å²) in [6, 6.07) is 5.81. The van der Waals surface area contributed by atoms with E-state index >= 15 is 0 Å². The Kier molecular flexibility index (Phi) is 4.30. The summed E-state index contributed by atoms with van der Waals surface area (Å²) in [5, 5.41) is 0. The number of fused-ring (bicyclic) bond motifs is 1. The van der Waals surface area contributed by atoms with E-state index in [9.17, 15) is 13.2 Å². The average molecular weight is 334 g/mol. The van der Waals surface area contributed by atoms with Crippen LogP contribution in [0.1, 0.15) is 30.9 Å². The molecule has 3 nitrogen and oxygen atoms in total. The smallest absolute Gasteiger partial charge is 0.406 e. The molecule has 0 bridgehead atoms. The molecular weight excluding hydrogens is 317 g/mol. The van der Waals surface area contributed by atoms with Crippen LogP contribution >= 0.6 is 0 Å². The molecule has 1 aromatic heterocycles. The lowest BCUT2D eigenvalue weighted by molar-refractivity contribution is -0.274. The van der Waals surface area contributed by atoms with Gasteiger partial charge in [-0.05, 0) is 42.7 Å². The summed E-state index contributed by atoms with van der Waals surface area (Å²) in [6.07, 6.45) is 0.775. The molecule has 24 heavy (non-hydrogen) atoms. The maximum absolute atomic E-state index is 12.3. The standard InChI is InChI=1S/C18H17F3N2O/c1-11(2)10-16-22-15-5-3-4-14(15)17(23-16)12-6-8-13(9-7-12)24-18(19,20)21/h3,5-9,11H,4,10H2,1-2H3. The lowest BCUT2D eigenvalue weighted by atomic mass is 10.0. The molecule has 0 radical (unpaired) electrons. The summed E-state index contributed by atoms with van der Waals surface area (Å²) in [6.45, 7) is 4.19. The first-order chi connectivity index (χ1) is 11.3. The van der Waals surface area contributed by atoms with Gasteiger partial charge in [0.2, 0.25) is 0 Å². The second-order valence-electron chi connectivity index (χ2n) is 6.13. The minimum atomic E-state index is -4.69. The fraction of sp³-hybridized carbons (Fsp3) is 0.333. The minimum absolute atomic E-state index is 0.238. The number of hydrogen-bond donors (Lipinski definition) is 0. The van der Waals surface area contributed by atoms with Crippen LogP contribution in [0.5, 0.6) is 5.75 Å². The van der Waals surface area contributed by atoms with Crippen LogP contribution in [-0.2, 0) is 12.8 Å². The van der Waals surface area contributed by atoms with Gasteiger partial charge < -0.3 is 4.74 Å². The predicted octanol–water partition coefficient (Wildman–Crippen LogP) is 4.81. The van der Waals surface area contributed by atoms with Gasteiger partial charge >= 0.3 is 6.36 Å². The van der Waals surface area contributed by atoms with E-state index in [1.165, 1.54) is 12.1 Å². The molecule has 1 aromatic carbocycles. The van der Waals surface area contributed by atoms with Crippen LogP contribution < -0.4 is 4.74 Å². The fourth-order valence-electron chi connectivity index (χ4n) is 2.69. The number of alkyl halides is 3. The second-order valence-corrected chi connectivity index (χ2v) is 6.13. The first-order valence-electron chi connectivity index (χ1n) is 7.74. The largest absolute Gasteiger partial charge is 0.573 e. The molecule has 0 N–H and O–H groups in total. The molecule has 0 fully saturated rings. The Morgan fingerprint density at radius 1 is 1.12 bits per heavy atom. The van der Waals surface area contributed by atoms with Crippen LogP contribution in [-0.4, -0.2) is 16.3 Å². The third-order valence-corrected chi connectivity index (χ3v) is 3.64. The Morgan fingerprint density at radius 3 is 2.46 bits per heavy atom. The number of nitrogens with zero attached hydrogens (tertiary/aromatic N) is 2. The Hall–Kier alpha value is -2.37. The second kappa shape index (κ2) is 6.26. The van der Waals surface area contributed by atoms with E-state index in [1.807, 2.05) is 12.2 Å². The molecule has 1 aliphatic rings. The summed E-state index contributed by atoms with van der Waals surface area (Å²) in [7, 11) is 0. The van der Waals surface area contributed by atoms with E-state index in [4.69, 9.17) is 0 Å². The summed E-state index contributed by atoms with van der Waals surface area (Å²) in [5.41, 5.74) is 3.44. The molecule has 126 valence electrons. The Bertz CT molecular complexity index is 765. The quantitative estimate of drug-likeness (QED) is 0.805. The molecule has 0 spiro atoms. The summed E-state index contributed by atoms with van der Waals surface area (Å²) in [4.78, 5) is 9.22. The van der Waals surface area contributed by atoms with Crippen LogP contribution in [0.4, 0.5) is 13.2 Å². The van der Waals surface area contributed by atoms with Crippen LogP contribution in [0.25, 0.3) is 17.3 Å². The molecular formula is C18H17F3N2O. The minimum Gasteiger partial charge on any atom is -0.406 e. The molecule has 2 aromatic rings. The molecule has 6 heteroatoms. The van der Waals surface area contributed by atoms with Gasteiger partial charge in [0.05, 0.1) is 11.4 Å². The Labute approximate surface area is 138 Å². The van der Waals surface area contributed by atoms with Crippen molar-refractivity contribution in [3.8, 4) is 17.0 Å².